The Morgan fingerprint density at radius 1 is 1.00 bits per heavy atom. The molecule has 0 bridgehead atoms. The van der Waals surface area contributed by atoms with Crippen molar-refractivity contribution in [2.75, 3.05) is 5.32 Å². The molecule has 0 saturated carbocycles. The van der Waals surface area contributed by atoms with Gasteiger partial charge in [0.05, 0.1) is 35.5 Å². The molecule has 1 N–H and O–H groups in total. The van der Waals surface area contributed by atoms with Crippen LogP contribution in [0.1, 0.15) is 45.6 Å². The smallest absolute Gasteiger partial charge is 0.276 e. The zero-order valence-electron chi connectivity index (χ0n) is 20.6. The van der Waals surface area contributed by atoms with Gasteiger partial charge >= 0.3 is 0 Å². The Bertz CT molecular complexity index is 1560. The lowest BCUT2D eigenvalue weighted by Gasteiger charge is -2.08. The van der Waals surface area contributed by atoms with Crippen LogP contribution in [0.4, 0.5) is 5.69 Å². The van der Waals surface area contributed by atoms with E-state index >= 15 is 0 Å². The molecule has 0 aliphatic rings. The minimum Gasteiger partial charge on any atom is -0.317 e. The molecular weight excluding hydrogens is 440 g/mol. The van der Waals surface area contributed by atoms with Crippen LogP contribution in [0.15, 0.2) is 48.8 Å². The number of nitrogens with zero attached hydrogens (tertiary/aromatic N) is 7. The Morgan fingerprint density at radius 2 is 1.80 bits per heavy atom. The number of benzene rings is 1. The van der Waals surface area contributed by atoms with E-state index in [1.54, 1.807) is 16.8 Å². The minimum atomic E-state index is -0.302. The maximum Gasteiger partial charge on any atom is 0.276 e. The molecule has 5 aromatic rings. The zero-order valence-corrected chi connectivity index (χ0v) is 20.6. The van der Waals surface area contributed by atoms with Gasteiger partial charge in [-0.3, -0.25) is 14.2 Å². The van der Waals surface area contributed by atoms with Crippen LogP contribution in [0.25, 0.3) is 16.9 Å². The predicted molar refractivity (Wildman–Crippen MR) is 135 cm³/mol. The van der Waals surface area contributed by atoms with Crippen LogP contribution in [-0.2, 0) is 13.1 Å². The zero-order chi connectivity index (χ0) is 24.7. The van der Waals surface area contributed by atoms with Gasteiger partial charge in [-0.25, -0.2) is 9.50 Å². The van der Waals surface area contributed by atoms with Crippen molar-refractivity contribution in [2.45, 2.75) is 47.7 Å². The van der Waals surface area contributed by atoms with Gasteiger partial charge in [0.15, 0.2) is 11.3 Å². The van der Waals surface area contributed by atoms with Crippen molar-refractivity contribution < 1.29 is 4.79 Å². The Morgan fingerprint density at radius 3 is 2.54 bits per heavy atom. The summed E-state index contributed by atoms with van der Waals surface area (Å²) in [6.07, 6.45) is 3.55. The molecule has 5 rings (SSSR count). The predicted octanol–water partition coefficient (Wildman–Crippen LogP) is 4.34. The van der Waals surface area contributed by atoms with E-state index in [-0.39, 0.29) is 11.6 Å². The van der Waals surface area contributed by atoms with Gasteiger partial charge in [-0.2, -0.15) is 15.3 Å². The topological polar surface area (TPSA) is 94.9 Å². The van der Waals surface area contributed by atoms with Gasteiger partial charge in [0.2, 0.25) is 0 Å². The van der Waals surface area contributed by atoms with Crippen LogP contribution in [0.3, 0.4) is 0 Å². The standard InChI is InChI=1S/C26H28N8O/c1-6-32-18(4)21(14-28-32)23-11-12-27-24-13-22(31-34(23)24)26(35)29-25-17(3)30-33(19(25)5)15-20-10-8-7-9-16(20)2/h7-14H,6,15H2,1-5H3,(H,29,35). The summed E-state index contributed by atoms with van der Waals surface area (Å²) in [7, 11) is 0. The number of hydrogen-bond acceptors (Lipinski definition) is 5. The average Bonchev–Trinajstić information content (AvgIpc) is 3.52. The van der Waals surface area contributed by atoms with Crippen molar-refractivity contribution in [2.24, 2.45) is 0 Å². The van der Waals surface area contributed by atoms with Gasteiger partial charge in [0.1, 0.15) is 0 Å². The van der Waals surface area contributed by atoms with Crippen LogP contribution >= 0.6 is 0 Å². The highest BCUT2D eigenvalue weighted by atomic mass is 16.2. The molecule has 0 spiro atoms. The van der Waals surface area contributed by atoms with E-state index in [0.29, 0.717) is 17.9 Å². The second kappa shape index (κ2) is 8.83. The monoisotopic (exact) mass is 468 g/mol. The number of amides is 1. The summed E-state index contributed by atoms with van der Waals surface area (Å²) >= 11 is 0. The number of hydrogen-bond donors (Lipinski definition) is 1. The molecule has 4 aromatic heterocycles. The number of aromatic nitrogens is 7. The molecule has 178 valence electrons. The third-order valence-electron chi connectivity index (χ3n) is 6.47. The molecule has 0 unspecified atom stereocenters. The molecule has 0 atom stereocenters. The summed E-state index contributed by atoms with van der Waals surface area (Å²) in [6.45, 7) is 11.4. The summed E-state index contributed by atoms with van der Waals surface area (Å²) in [4.78, 5) is 17.6. The van der Waals surface area contributed by atoms with E-state index in [1.807, 2.05) is 54.5 Å². The first-order valence-electron chi connectivity index (χ1n) is 11.6. The number of rotatable bonds is 6. The van der Waals surface area contributed by atoms with Crippen molar-refractivity contribution in [3.63, 3.8) is 0 Å². The van der Waals surface area contributed by atoms with Gasteiger partial charge < -0.3 is 5.32 Å². The van der Waals surface area contributed by atoms with E-state index in [9.17, 15) is 4.79 Å². The van der Waals surface area contributed by atoms with Gasteiger partial charge in [0, 0.05) is 30.1 Å². The van der Waals surface area contributed by atoms with Gasteiger partial charge in [-0.05, 0) is 51.8 Å². The van der Waals surface area contributed by atoms with E-state index in [4.69, 9.17) is 0 Å². The Kier molecular flexibility index (Phi) is 5.68. The maximum atomic E-state index is 13.2. The highest BCUT2D eigenvalue weighted by Gasteiger charge is 2.20. The molecule has 0 saturated heterocycles. The van der Waals surface area contributed by atoms with Crippen LogP contribution in [0.5, 0.6) is 0 Å². The maximum absolute atomic E-state index is 13.2. The van der Waals surface area contributed by atoms with Crippen LogP contribution in [0.2, 0.25) is 0 Å². The number of fused-ring (bicyclic) bond motifs is 1. The summed E-state index contributed by atoms with van der Waals surface area (Å²) in [5, 5.41) is 16.7. The average molecular weight is 469 g/mol. The Balaban J connectivity index is 1.44. The van der Waals surface area contributed by atoms with Crippen LogP contribution in [0, 0.1) is 27.7 Å². The van der Waals surface area contributed by atoms with E-state index in [1.165, 1.54) is 11.1 Å². The van der Waals surface area contributed by atoms with Crippen molar-refractivity contribution in [1.82, 2.24) is 34.2 Å². The third-order valence-corrected chi connectivity index (χ3v) is 6.47. The minimum absolute atomic E-state index is 0.288. The van der Waals surface area contributed by atoms with Crippen molar-refractivity contribution in [1.29, 1.82) is 0 Å². The second-order valence-electron chi connectivity index (χ2n) is 8.67. The molecule has 9 heteroatoms. The summed E-state index contributed by atoms with van der Waals surface area (Å²) in [6, 6.07) is 11.8. The molecular formula is C26H28N8O. The summed E-state index contributed by atoms with van der Waals surface area (Å²) < 4.78 is 5.55. The first kappa shape index (κ1) is 22.5. The third kappa shape index (κ3) is 3.99. The Hall–Kier alpha value is -4.27. The van der Waals surface area contributed by atoms with Crippen molar-refractivity contribution in [3.05, 3.63) is 82.7 Å². The van der Waals surface area contributed by atoms with Crippen molar-refractivity contribution in [3.8, 4) is 11.3 Å². The Labute approximate surface area is 203 Å². The van der Waals surface area contributed by atoms with E-state index in [0.717, 1.165) is 34.9 Å². The normalized spacial score (nSPS) is 11.3. The number of carbonyl (C=O) groups excluding carboxylic acids is 1. The first-order chi connectivity index (χ1) is 16.9. The molecule has 0 radical (unpaired) electrons. The van der Waals surface area contributed by atoms with Crippen molar-refractivity contribution >= 4 is 17.2 Å². The fourth-order valence-electron chi connectivity index (χ4n) is 4.39. The van der Waals surface area contributed by atoms with Gasteiger partial charge in [-0.1, -0.05) is 24.3 Å². The molecule has 0 aliphatic heterocycles. The molecule has 9 nitrogen and oxygen atoms in total. The lowest BCUT2D eigenvalue weighted by Crippen LogP contribution is -2.14. The highest BCUT2D eigenvalue weighted by molar-refractivity contribution is 6.04. The van der Waals surface area contributed by atoms with Gasteiger partial charge in [0.25, 0.3) is 5.91 Å². The molecule has 1 amide bonds. The van der Waals surface area contributed by atoms with Crippen LogP contribution in [-0.4, -0.2) is 40.1 Å². The molecule has 0 fully saturated rings. The fourth-order valence-corrected chi connectivity index (χ4v) is 4.39. The first-order valence-corrected chi connectivity index (χ1v) is 11.6. The SMILES string of the molecule is CCn1ncc(-c2ccnc3cc(C(=O)Nc4c(C)nn(Cc5ccccc5C)c4C)nn23)c1C. The van der Waals surface area contributed by atoms with Crippen LogP contribution < -0.4 is 5.32 Å². The van der Waals surface area contributed by atoms with E-state index < -0.39 is 0 Å². The second-order valence-corrected chi connectivity index (χ2v) is 8.67. The fraction of sp³-hybridized carbons (Fsp3) is 0.269. The molecule has 4 heterocycles. The number of anilines is 1. The quantitative estimate of drug-likeness (QED) is 0.400. The molecule has 1 aromatic carbocycles. The molecule has 35 heavy (non-hydrogen) atoms. The highest BCUT2D eigenvalue weighted by Crippen LogP contribution is 2.25. The summed E-state index contributed by atoms with van der Waals surface area (Å²) in [5.74, 6) is -0.302. The number of carbonyl (C=O) groups is 1. The van der Waals surface area contributed by atoms with Gasteiger partial charge in [-0.15, -0.1) is 0 Å². The lowest BCUT2D eigenvalue weighted by atomic mass is 10.1. The number of aryl methyl sites for hydroxylation is 3. The summed E-state index contributed by atoms with van der Waals surface area (Å²) in [5.41, 5.74) is 8.47. The molecule has 0 aliphatic carbocycles. The van der Waals surface area contributed by atoms with E-state index in [2.05, 4.69) is 51.6 Å². The number of nitrogens with one attached hydrogen (secondary N) is 1. The lowest BCUT2D eigenvalue weighted by molar-refractivity contribution is 0.102. The largest absolute Gasteiger partial charge is 0.317 e.